The first kappa shape index (κ1) is 24.0. The summed E-state index contributed by atoms with van der Waals surface area (Å²) in [6.07, 6.45) is 0. The van der Waals surface area contributed by atoms with Gasteiger partial charge in [-0.2, -0.15) is 0 Å². The SMILES string of the molecule is COc1ccc(NS(=O)(=O)c2ccc(N3CCNC(C)C3)c3ccccc23)cc1OC.Cl. The van der Waals surface area contributed by atoms with Gasteiger partial charge in [0, 0.05) is 48.2 Å². The first-order valence-corrected chi connectivity index (χ1v) is 11.7. The van der Waals surface area contributed by atoms with Gasteiger partial charge in [-0.05, 0) is 31.2 Å². The summed E-state index contributed by atoms with van der Waals surface area (Å²) in [5.74, 6) is 0.987. The van der Waals surface area contributed by atoms with Gasteiger partial charge in [0.15, 0.2) is 11.5 Å². The van der Waals surface area contributed by atoms with E-state index in [0.717, 1.165) is 30.7 Å². The zero-order valence-electron chi connectivity index (χ0n) is 18.3. The van der Waals surface area contributed by atoms with Crippen molar-refractivity contribution in [1.82, 2.24) is 5.32 Å². The molecule has 7 nitrogen and oxygen atoms in total. The molecule has 9 heteroatoms. The van der Waals surface area contributed by atoms with Crippen molar-refractivity contribution < 1.29 is 17.9 Å². The molecule has 2 N–H and O–H groups in total. The van der Waals surface area contributed by atoms with E-state index in [1.54, 1.807) is 24.3 Å². The average molecular weight is 478 g/mol. The number of sulfonamides is 1. The molecule has 0 aliphatic carbocycles. The lowest BCUT2D eigenvalue weighted by atomic mass is 10.1. The molecule has 4 rings (SSSR count). The largest absolute Gasteiger partial charge is 0.493 e. The molecule has 1 fully saturated rings. The van der Waals surface area contributed by atoms with E-state index in [9.17, 15) is 8.42 Å². The minimum Gasteiger partial charge on any atom is -0.493 e. The number of nitrogens with one attached hydrogen (secondary N) is 2. The second kappa shape index (κ2) is 9.85. The van der Waals surface area contributed by atoms with Gasteiger partial charge in [-0.3, -0.25) is 4.72 Å². The quantitative estimate of drug-likeness (QED) is 0.561. The van der Waals surface area contributed by atoms with Crippen molar-refractivity contribution in [2.75, 3.05) is 43.5 Å². The van der Waals surface area contributed by atoms with E-state index in [-0.39, 0.29) is 17.3 Å². The minimum atomic E-state index is -3.82. The summed E-state index contributed by atoms with van der Waals surface area (Å²) in [5, 5.41) is 5.06. The summed E-state index contributed by atoms with van der Waals surface area (Å²) in [6.45, 7) is 4.81. The highest BCUT2D eigenvalue weighted by Crippen LogP contribution is 2.35. The molecule has 172 valence electrons. The fourth-order valence-electron chi connectivity index (χ4n) is 4.03. The molecule has 1 aliphatic heterocycles. The van der Waals surface area contributed by atoms with Crippen LogP contribution >= 0.6 is 12.4 Å². The summed E-state index contributed by atoms with van der Waals surface area (Å²) in [7, 11) is -0.770. The van der Waals surface area contributed by atoms with Gasteiger partial charge in [-0.1, -0.05) is 24.3 Å². The Balaban J connectivity index is 0.00000289. The monoisotopic (exact) mass is 477 g/mol. The molecular formula is C23H28ClN3O4S. The fraction of sp³-hybridized carbons (Fsp3) is 0.304. The molecule has 0 saturated carbocycles. The summed E-state index contributed by atoms with van der Waals surface area (Å²) in [4.78, 5) is 2.55. The minimum absolute atomic E-state index is 0. The van der Waals surface area contributed by atoms with Crippen molar-refractivity contribution in [3.8, 4) is 11.5 Å². The molecule has 1 aliphatic rings. The lowest BCUT2D eigenvalue weighted by Gasteiger charge is -2.34. The van der Waals surface area contributed by atoms with E-state index in [1.165, 1.54) is 14.2 Å². The van der Waals surface area contributed by atoms with Gasteiger partial charge in [0.25, 0.3) is 10.0 Å². The Labute approximate surface area is 195 Å². The number of benzene rings is 3. The highest BCUT2D eigenvalue weighted by Gasteiger charge is 2.23. The van der Waals surface area contributed by atoms with Gasteiger partial charge in [-0.25, -0.2) is 8.42 Å². The average Bonchev–Trinajstić information content (AvgIpc) is 2.78. The van der Waals surface area contributed by atoms with Gasteiger partial charge in [0.2, 0.25) is 0 Å². The Kier molecular flexibility index (Phi) is 7.38. The molecule has 1 heterocycles. The number of fused-ring (bicyclic) bond motifs is 1. The Morgan fingerprint density at radius 3 is 2.41 bits per heavy atom. The van der Waals surface area contributed by atoms with Crippen LogP contribution in [0.4, 0.5) is 11.4 Å². The van der Waals surface area contributed by atoms with Crippen LogP contribution in [0.5, 0.6) is 11.5 Å². The zero-order valence-corrected chi connectivity index (χ0v) is 19.9. The van der Waals surface area contributed by atoms with Crippen LogP contribution in [-0.2, 0) is 10.0 Å². The zero-order chi connectivity index (χ0) is 22.0. The highest BCUT2D eigenvalue weighted by molar-refractivity contribution is 7.93. The van der Waals surface area contributed by atoms with Crippen LogP contribution in [0.2, 0.25) is 0 Å². The predicted octanol–water partition coefficient (Wildman–Crippen LogP) is 3.88. The van der Waals surface area contributed by atoms with E-state index in [0.29, 0.717) is 28.6 Å². The molecule has 3 aromatic carbocycles. The molecule has 1 atom stereocenters. The Morgan fingerprint density at radius 1 is 1.00 bits per heavy atom. The van der Waals surface area contributed by atoms with E-state index in [4.69, 9.17) is 9.47 Å². The van der Waals surface area contributed by atoms with E-state index in [1.807, 2.05) is 30.3 Å². The van der Waals surface area contributed by atoms with Crippen LogP contribution in [0.1, 0.15) is 6.92 Å². The molecule has 3 aromatic rings. The van der Waals surface area contributed by atoms with Gasteiger partial charge in [-0.15, -0.1) is 12.4 Å². The summed E-state index contributed by atoms with van der Waals surface area (Å²) in [5.41, 5.74) is 1.45. The first-order chi connectivity index (χ1) is 14.9. The number of halogens is 1. The standard InChI is InChI=1S/C23H27N3O4S.ClH/c1-16-15-26(13-12-24-16)20-9-11-23(19-7-5-4-6-18(19)20)31(27,28)25-17-8-10-21(29-2)22(14-17)30-3;/h4-11,14,16,24-25H,12-13,15H2,1-3H3;1H. The van der Waals surface area contributed by atoms with Crippen LogP contribution in [0.25, 0.3) is 10.8 Å². The molecular weight excluding hydrogens is 450 g/mol. The lowest BCUT2D eigenvalue weighted by molar-refractivity contribution is 0.355. The molecule has 32 heavy (non-hydrogen) atoms. The topological polar surface area (TPSA) is 79.9 Å². The van der Waals surface area contributed by atoms with Gasteiger partial charge in [0.05, 0.1) is 24.8 Å². The molecule has 1 unspecified atom stereocenters. The second-order valence-corrected chi connectivity index (χ2v) is 9.26. The third-order valence-corrected chi connectivity index (χ3v) is 6.94. The van der Waals surface area contributed by atoms with Gasteiger partial charge < -0.3 is 19.7 Å². The van der Waals surface area contributed by atoms with Gasteiger partial charge in [0.1, 0.15) is 0 Å². The number of rotatable bonds is 6. The number of hydrogen-bond donors (Lipinski definition) is 2. The third-order valence-electron chi connectivity index (χ3n) is 5.50. The molecule has 0 bridgehead atoms. The highest BCUT2D eigenvalue weighted by atomic mass is 35.5. The summed E-state index contributed by atoms with van der Waals surface area (Å²) in [6, 6.07) is 16.5. The van der Waals surface area contributed by atoms with Crippen molar-refractivity contribution in [2.24, 2.45) is 0 Å². The van der Waals surface area contributed by atoms with Gasteiger partial charge >= 0.3 is 0 Å². The normalized spacial score (nSPS) is 16.3. The number of methoxy groups -OCH3 is 2. The maximum atomic E-state index is 13.3. The van der Waals surface area contributed by atoms with Crippen molar-refractivity contribution >= 4 is 44.6 Å². The third kappa shape index (κ3) is 4.72. The molecule has 0 aromatic heterocycles. The smallest absolute Gasteiger partial charge is 0.262 e. The first-order valence-electron chi connectivity index (χ1n) is 10.2. The number of nitrogens with zero attached hydrogens (tertiary/aromatic N) is 1. The Bertz CT molecular complexity index is 1200. The fourth-order valence-corrected chi connectivity index (χ4v) is 5.29. The van der Waals surface area contributed by atoms with Crippen LogP contribution in [0.15, 0.2) is 59.5 Å². The van der Waals surface area contributed by atoms with Crippen LogP contribution < -0.4 is 24.4 Å². The number of ether oxygens (including phenoxy) is 2. The second-order valence-electron chi connectivity index (χ2n) is 7.60. The molecule has 0 spiro atoms. The van der Waals surface area contributed by atoms with Crippen molar-refractivity contribution in [3.05, 3.63) is 54.6 Å². The van der Waals surface area contributed by atoms with Crippen LogP contribution in [0, 0.1) is 0 Å². The molecule has 0 amide bonds. The Hall–Kier alpha value is -2.68. The number of anilines is 2. The predicted molar refractivity (Wildman–Crippen MR) is 131 cm³/mol. The lowest BCUT2D eigenvalue weighted by Crippen LogP contribution is -2.49. The van der Waals surface area contributed by atoms with Crippen molar-refractivity contribution in [2.45, 2.75) is 17.9 Å². The summed E-state index contributed by atoms with van der Waals surface area (Å²) >= 11 is 0. The van der Waals surface area contributed by atoms with E-state index in [2.05, 4.69) is 21.9 Å². The molecule has 0 radical (unpaired) electrons. The van der Waals surface area contributed by atoms with E-state index < -0.39 is 10.0 Å². The maximum Gasteiger partial charge on any atom is 0.262 e. The summed E-state index contributed by atoms with van der Waals surface area (Å²) < 4.78 is 39.8. The van der Waals surface area contributed by atoms with Crippen molar-refractivity contribution in [1.29, 1.82) is 0 Å². The maximum absolute atomic E-state index is 13.3. The Morgan fingerprint density at radius 2 is 1.72 bits per heavy atom. The number of piperazine rings is 1. The van der Waals surface area contributed by atoms with Crippen LogP contribution in [-0.4, -0.2) is 48.3 Å². The van der Waals surface area contributed by atoms with E-state index >= 15 is 0 Å². The number of hydrogen-bond acceptors (Lipinski definition) is 6. The molecule has 1 saturated heterocycles. The van der Waals surface area contributed by atoms with Crippen molar-refractivity contribution in [3.63, 3.8) is 0 Å². The van der Waals surface area contributed by atoms with Crippen LogP contribution in [0.3, 0.4) is 0 Å².